The fourth-order valence-corrected chi connectivity index (χ4v) is 4.64. The van der Waals surface area contributed by atoms with Crippen molar-refractivity contribution in [3.8, 4) is 0 Å². The van der Waals surface area contributed by atoms with Crippen LogP contribution in [0.5, 0.6) is 0 Å². The lowest BCUT2D eigenvalue weighted by Gasteiger charge is -2.23. The number of nitrogens with one attached hydrogen (secondary N) is 3. The van der Waals surface area contributed by atoms with Gasteiger partial charge in [0.25, 0.3) is 5.91 Å². The molecular formula is C19H27N3O3S. The second-order valence-electron chi connectivity index (χ2n) is 7.30. The van der Waals surface area contributed by atoms with Crippen LogP contribution in [0, 0.1) is 5.92 Å². The summed E-state index contributed by atoms with van der Waals surface area (Å²) in [6.45, 7) is 4.17. The van der Waals surface area contributed by atoms with Crippen LogP contribution < -0.4 is 16.0 Å². The maximum atomic E-state index is 12.9. The summed E-state index contributed by atoms with van der Waals surface area (Å²) in [7, 11) is 0. The minimum atomic E-state index is -0.107. The lowest BCUT2D eigenvalue weighted by Crippen LogP contribution is -2.38. The summed E-state index contributed by atoms with van der Waals surface area (Å²) in [4.78, 5) is 37.5. The molecule has 142 valence electrons. The number of thiophene rings is 1. The molecule has 0 spiro atoms. The molecule has 1 fully saturated rings. The average molecular weight is 378 g/mol. The zero-order valence-electron chi connectivity index (χ0n) is 15.4. The zero-order chi connectivity index (χ0) is 18.7. The van der Waals surface area contributed by atoms with Crippen molar-refractivity contribution in [2.24, 2.45) is 5.92 Å². The molecule has 0 bridgehead atoms. The molecule has 2 aliphatic rings. The number of fused-ring (bicyclic) bond motifs is 1. The Kier molecular flexibility index (Phi) is 5.96. The first-order valence-corrected chi connectivity index (χ1v) is 10.3. The quantitative estimate of drug-likeness (QED) is 0.683. The summed E-state index contributed by atoms with van der Waals surface area (Å²) in [5.41, 5.74) is 1.59. The largest absolute Gasteiger partial charge is 0.353 e. The number of anilines is 1. The summed E-state index contributed by atoms with van der Waals surface area (Å²) in [6, 6.07) is 0.0452. The highest BCUT2D eigenvalue weighted by Gasteiger charge is 2.31. The van der Waals surface area contributed by atoms with E-state index in [1.54, 1.807) is 0 Å². The van der Waals surface area contributed by atoms with E-state index in [4.69, 9.17) is 0 Å². The van der Waals surface area contributed by atoms with Crippen LogP contribution >= 0.6 is 11.3 Å². The summed E-state index contributed by atoms with van der Waals surface area (Å²) in [6.07, 6.45) is 5.88. The third kappa shape index (κ3) is 4.63. The van der Waals surface area contributed by atoms with Crippen LogP contribution in [0.25, 0.3) is 0 Å². The highest BCUT2D eigenvalue weighted by atomic mass is 32.1. The smallest absolute Gasteiger partial charge is 0.254 e. The molecule has 26 heavy (non-hydrogen) atoms. The molecule has 0 aliphatic heterocycles. The minimum Gasteiger partial charge on any atom is -0.353 e. The number of amides is 3. The first kappa shape index (κ1) is 18.9. The maximum absolute atomic E-state index is 12.9. The molecule has 6 nitrogen and oxygen atoms in total. The normalized spacial score (nSPS) is 18.8. The van der Waals surface area contributed by atoms with Crippen molar-refractivity contribution in [1.82, 2.24) is 10.6 Å². The average Bonchev–Trinajstić information content (AvgIpc) is 3.33. The molecule has 1 saturated carbocycles. The van der Waals surface area contributed by atoms with Crippen molar-refractivity contribution in [2.45, 2.75) is 64.8 Å². The standard InChI is InChI=1S/C19H27N3O3S/c1-3-4-16(24)22-19-17(18(25)20-10-12-5-6-12)14-9-13(21-11(2)23)7-8-15(14)26-19/h12-13H,3-10H2,1-2H3,(H,20,25)(H,21,23)(H,22,24). The Morgan fingerprint density at radius 3 is 2.62 bits per heavy atom. The van der Waals surface area contributed by atoms with Gasteiger partial charge in [0.05, 0.1) is 5.56 Å². The molecular weight excluding hydrogens is 350 g/mol. The van der Waals surface area contributed by atoms with Crippen molar-refractivity contribution in [3.05, 3.63) is 16.0 Å². The van der Waals surface area contributed by atoms with Crippen molar-refractivity contribution in [1.29, 1.82) is 0 Å². The zero-order valence-corrected chi connectivity index (χ0v) is 16.3. The molecule has 7 heteroatoms. The van der Waals surface area contributed by atoms with Crippen LogP contribution in [0.15, 0.2) is 0 Å². The summed E-state index contributed by atoms with van der Waals surface area (Å²) < 4.78 is 0. The van der Waals surface area contributed by atoms with Gasteiger partial charge in [-0.2, -0.15) is 0 Å². The molecule has 0 saturated heterocycles. The van der Waals surface area contributed by atoms with Crippen LogP contribution in [0.3, 0.4) is 0 Å². The Balaban J connectivity index is 1.83. The maximum Gasteiger partial charge on any atom is 0.254 e. The topological polar surface area (TPSA) is 87.3 Å². The fourth-order valence-electron chi connectivity index (χ4n) is 3.39. The van der Waals surface area contributed by atoms with Gasteiger partial charge < -0.3 is 16.0 Å². The van der Waals surface area contributed by atoms with Gasteiger partial charge in [0.15, 0.2) is 0 Å². The van der Waals surface area contributed by atoms with Crippen molar-refractivity contribution >= 4 is 34.1 Å². The summed E-state index contributed by atoms with van der Waals surface area (Å²) in [5.74, 6) is 0.383. The lowest BCUT2D eigenvalue weighted by molar-refractivity contribution is -0.119. The number of rotatable bonds is 7. The molecule has 2 aliphatic carbocycles. The third-order valence-corrected chi connectivity index (χ3v) is 6.08. The Morgan fingerprint density at radius 2 is 1.96 bits per heavy atom. The highest BCUT2D eigenvalue weighted by Crippen LogP contribution is 2.38. The van der Waals surface area contributed by atoms with E-state index in [0.717, 1.165) is 29.7 Å². The van der Waals surface area contributed by atoms with E-state index in [9.17, 15) is 14.4 Å². The summed E-state index contributed by atoms with van der Waals surface area (Å²) in [5, 5.41) is 9.59. The second kappa shape index (κ2) is 8.20. The van der Waals surface area contributed by atoms with Gasteiger partial charge in [0.1, 0.15) is 5.00 Å². The molecule has 3 amide bonds. The van der Waals surface area contributed by atoms with Gasteiger partial charge in [0.2, 0.25) is 11.8 Å². The van der Waals surface area contributed by atoms with E-state index in [1.807, 2.05) is 6.92 Å². The number of hydrogen-bond donors (Lipinski definition) is 3. The molecule has 0 radical (unpaired) electrons. The van der Waals surface area contributed by atoms with E-state index in [1.165, 1.54) is 31.1 Å². The van der Waals surface area contributed by atoms with Crippen LogP contribution in [0.1, 0.15) is 66.8 Å². The van der Waals surface area contributed by atoms with Crippen LogP contribution in [0.4, 0.5) is 5.00 Å². The Morgan fingerprint density at radius 1 is 1.19 bits per heavy atom. The lowest BCUT2D eigenvalue weighted by atomic mass is 9.91. The van der Waals surface area contributed by atoms with Gasteiger partial charge in [-0.15, -0.1) is 11.3 Å². The number of carbonyl (C=O) groups is 3. The van der Waals surface area contributed by atoms with Gasteiger partial charge in [-0.05, 0) is 50.0 Å². The van der Waals surface area contributed by atoms with Crippen LogP contribution in [-0.2, 0) is 22.4 Å². The Bertz CT molecular complexity index is 709. The monoisotopic (exact) mass is 377 g/mol. The van der Waals surface area contributed by atoms with E-state index in [2.05, 4.69) is 16.0 Å². The first-order chi connectivity index (χ1) is 12.5. The fraction of sp³-hybridized carbons (Fsp3) is 0.632. The predicted octanol–water partition coefficient (Wildman–Crippen LogP) is 2.62. The highest BCUT2D eigenvalue weighted by molar-refractivity contribution is 7.17. The van der Waals surface area contributed by atoms with Gasteiger partial charge in [-0.25, -0.2) is 0 Å². The van der Waals surface area contributed by atoms with Crippen molar-refractivity contribution < 1.29 is 14.4 Å². The van der Waals surface area contributed by atoms with Gasteiger partial charge in [-0.3, -0.25) is 14.4 Å². The van der Waals surface area contributed by atoms with E-state index in [0.29, 0.717) is 35.9 Å². The van der Waals surface area contributed by atoms with E-state index < -0.39 is 0 Å². The number of carbonyl (C=O) groups excluding carboxylic acids is 3. The Labute approximate surface area is 158 Å². The molecule has 1 aromatic rings. The van der Waals surface area contributed by atoms with Crippen molar-refractivity contribution in [3.63, 3.8) is 0 Å². The predicted molar refractivity (Wildman–Crippen MR) is 103 cm³/mol. The first-order valence-electron chi connectivity index (χ1n) is 9.47. The second-order valence-corrected chi connectivity index (χ2v) is 8.40. The number of aryl methyl sites for hydroxylation is 1. The van der Waals surface area contributed by atoms with Crippen molar-refractivity contribution in [2.75, 3.05) is 11.9 Å². The van der Waals surface area contributed by atoms with E-state index >= 15 is 0 Å². The SMILES string of the molecule is CCCC(=O)Nc1sc2c(c1C(=O)NCC1CC1)CC(NC(C)=O)CC2. The van der Waals surface area contributed by atoms with Crippen LogP contribution in [0.2, 0.25) is 0 Å². The van der Waals surface area contributed by atoms with Gasteiger partial charge in [-0.1, -0.05) is 6.92 Å². The molecule has 3 N–H and O–H groups in total. The molecule has 0 aromatic carbocycles. The Hall–Kier alpha value is -1.89. The molecule has 1 unspecified atom stereocenters. The molecule has 1 atom stereocenters. The third-order valence-electron chi connectivity index (χ3n) is 4.87. The molecule has 1 aromatic heterocycles. The molecule has 1 heterocycles. The summed E-state index contributed by atoms with van der Waals surface area (Å²) >= 11 is 1.51. The number of hydrogen-bond acceptors (Lipinski definition) is 4. The minimum absolute atomic E-state index is 0.0452. The van der Waals surface area contributed by atoms with E-state index in [-0.39, 0.29) is 23.8 Å². The van der Waals surface area contributed by atoms with Gasteiger partial charge in [0, 0.05) is 30.8 Å². The molecule has 3 rings (SSSR count). The van der Waals surface area contributed by atoms with Crippen LogP contribution in [-0.4, -0.2) is 30.3 Å². The van der Waals surface area contributed by atoms with Gasteiger partial charge >= 0.3 is 0 Å².